The van der Waals surface area contributed by atoms with Gasteiger partial charge in [-0.3, -0.25) is 14.5 Å². The van der Waals surface area contributed by atoms with Gasteiger partial charge in [-0.15, -0.1) is 11.8 Å². The molecule has 0 radical (unpaired) electrons. The average molecular weight is 439 g/mol. The topological polar surface area (TPSA) is 59.1 Å². The van der Waals surface area contributed by atoms with Crippen LogP contribution in [0.2, 0.25) is 0 Å². The highest BCUT2D eigenvalue weighted by atomic mass is 32.2. The second-order valence-electron chi connectivity index (χ2n) is 7.64. The van der Waals surface area contributed by atoms with Gasteiger partial charge in [0.15, 0.2) is 11.5 Å². The van der Waals surface area contributed by atoms with Crippen LogP contribution in [0.1, 0.15) is 36.4 Å². The largest absolute Gasteiger partial charge is 0.493 e. The molecule has 6 nitrogen and oxygen atoms in total. The van der Waals surface area contributed by atoms with Crippen LogP contribution in [-0.2, 0) is 9.59 Å². The third-order valence-corrected chi connectivity index (χ3v) is 7.28. The van der Waals surface area contributed by atoms with Gasteiger partial charge in [0.2, 0.25) is 11.7 Å². The maximum atomic E-state index is 13.7. The number of carbonyl (C=O) groups excluding carboxylic acids is 2. The van der Waals surface area contributed by atoms with E-state index in [9.17, 15) is 9.59 Å². The summed E-state index contributed by atoms with van der Waals surface area (Å²) in [4.78, 5) is 30.6. The minimum atomic E-state index is -0.447. The number of ketones is 1. The molecule has 3 unspecified atom stereocenters. The van der Waals surface area contributed by atoms with Crippen molar-refractivity contribution in [2.75, 3.05) is 21.3 Å². The van der Waals surface area contributed by atoms with Crippen LogP contribution in [0.15, 0.2) is 59.9 Å². The molecule has 162 valence electrons. The highest BCUT2D eigenvalue weighted by molar-refractivity contribution is 8.01. The SMILES string of the molecule is COc1cccc(C2SC(C)C(=O)N2C2=C(C)N(C)C(c3ccccc3)C2=O)c1OC. The van der Waals surface area contributed by atoms with Gasteiger partial charge in [0.25, 0.3) is 0 Å². The Labute approximate surface area is 186 Å². The van der Waals surface area contributed by atoms with E-state index in [0.717, 1.165) is 16.8 Å². The summed E-state index contributed by atoms with van der Waals surface area (Å²) < 4.78 is 11.1. The van der Waals surface area contributed by atoms with Crippen molar-refractivity contribution in [3.05, 3.63) is 71.1 Å². The summed E-state index contributed by atoms with van der Waals surface area (Å²) in [7, 11) is 5.07. The number of rotatable bonds is 5. The Kier molecular flexibility index (Phi) is 5.71. The van der Waals surface area contributed by atoms with Crippen LogP contribution in [-0.4, -0.2) is 48.0 Å². The van der Waals surface area contributed by atoms with Gasteiger partial charge in [0, 0.05) is 18.3 Å². The number of hydrogen-bond acceptors (Lipinski definition) is 6. The molecule has 4 rings (SSSR count). The van der Waals surface area contributed by atoms with Crippen molar-refractivity contribution in [3.8, 4) is 11.5 Å². The van der Waals surface area contributed by atoms with Crippen LogP contribution >= 0.6 is 11.8 Å². The van der Waals surface area contributed by atoms with Crippen molar-refractivity contribution in [1.82, 2.24) is 9.80 Å². The number of hydrogen-bond donors (Lipinski definition) is 0. The number of methoxy groups -OCH3 is 2. The first-order valence-corrected chi connectivity index (χ1v) is 11.1. The van der Waals surface area contributed by atoms with Crippen LogP contribution in [0.3, 0.4) is 0 Å². The van der Waals surface area contributed by atoms with Gasteiger partial charge in [-0.25, -0.2) is 0 Å². The molecule has 0 bridgehead atoms. The van der Waals surface area contributed by atoms with Crippen molar-refractivity contribution < 1.29 is 19.1 Å². The van der Waals surface area contributed by atoms with Crippen LogP contribution < -0.4 is 9.47 Å². The molecule has 0 aliphatic carbocycles. The predicted octanol–water partition coefficient (Wildman–Crippen LogP) is 4.15. The molecule has 2 aliphatic heterocycles. The van der Waals surface area contributed by atoms with E-state index in [0.29, 0.717) is 17.2 Å². The van der Waals surface area contributed by atoms with Crippen molar-refractivity contribution in [1.29, 1.82) is 0 Å². The molecule has 7 heteroatoms. The Morgan fingerprint density at radius 3 is 2.32 bits per heavy atom. The quantitative estimate of drug-likeness (QED) is 0.699. The molecule has 0 saturated carbocycles. The minimum Gasteiger partial charge on any atom is -0.493 e. The summed E-state index contributed by atoms with van der Waals surface area (Å²) in [6.45, 7) is 3.78. The van der Waals surface area contributed by atoms with Gasteiger partial charge in [0.1, 0.15) is 17.1 Å². The first kappa shape index (κ1) is 21.3. The average Bonchev–Trinajstić information content (AvgIpc) is 3.19. The third-order valence-electron chi connectivity index (χ3n) is 5.95. The number of thioether (sulfide) groups is 1. The monoisotopic (exact) mass is 438 g/mol. The zero-order chi connectivity index (χ0) is 22.3. The van der Waals surface area contributed by atoms with Gasteiger partial charge in [-0.05, 0) is 25.5 Å². The van der Waals surface area contributed by atoms with Crippen molar-refractivity contribution >= 4 is 23.5 Å². The molecule has 2 aromatic rings. The predicted molar refractivity (Wildman–Crippen MR) is 121 cm³/mol. The molecule has 2 heterocycles. The second kappa shape index (κ2) is 8.30. The molecular weight excluding hydrogens is 412 g/mol. The van der Waals surface area contributed by atoms with E-state index in [-0.39, 0.29) is 22.3 Å². The molecule has 0 N–H and O–H groups in total. The fourth-order valence-corrected chi connectivity index (χ4v) is 5.60. The van der Waals surface area contributed by atoms with Crippen molar-refractivity contribution in [2.24, 2.45) is 0 Å². The Bertz CT molecular complexity index is 1050. The summed E-state index contributed by atoms with van der Waals surface area (Å²) in [5, 5.41) is -0.667. The van der Waals surface area contributed by atoms with E-state index in [1.165, 1.54) is 11.8 Å². The Balaban J connectivity index is 1.80. The summed E-state index contributed by atoms with van der Waals surface area (Å²) >= 11 is 1.51. The van der Waals surface area contributed by atoms with E-state index in [4.69, 9.17) is 9.47 Å². The summed E-state index contributed by atoms with van der Waals surface area (Å²) in [6, 6.07) is 14.8. The summed E-state index contributed by atoms with van der Waals surface area (Å²) in [6.07, 6.45) is 0. The Morgan fingerprint density at radius 1 is 0.968 bits per heavy atom. The fraction of sp³-hybridized carbons (Fsp3) is 0.333. The van der Waals surface area contributed by atoms with E-state index in [1.807, 2.05) is 74.3 Å². The van der Waals surface area contributed by atoms with Crippen LogP contribution in [0.4, 0.5) is 0 Å². The number of Topliss-reactive ketones (excluding diaryl/α,β-unsaturated/α-hetero) is 1. The van der Waals surface area contributed by atoms with Gasteiger partial charge in [-0.2, -0.15) is 0 Å². The minimum absolute atomic E-state index is 0.0684. The first-order valence-electron chi connectivity index (χ1n) is 10.1. The van der Waals surface area contributed by atoms with Crippen LogP contribution in [0.5, 0.6) is 11.5 Å². The lowest BCUT2D eigenvalue weighted by Crippen LogP contribution is -2.33. The number of allylic oxidation sites excluding steroid dienone is 1. The van der Waals surface area contributed by atoms with Gasteiger partial charge in [-0.1, -0.05) is 42.5 Å². The normalized spacial score (nSPS) is 23.7. The maximum Gasteiger partial charge on any atom is 0.241 e. The fourth-order valence-electron chi connectivity index (χ4n) is 4.32. The molecule has 1 fully saturated rings. The molecule has 2 aliphatic rings. The summed E-state index contributed by atoms with van der Waals surface area (Å²) in [5.41, 5.74) is 2.96. The number of carbonyl (C=O) groups is 2. The maximum absolute atomic E-state index is 13.7. The first-order chi connectivity index (χ1) is 14.9. The van der Waals surface area contributed by atoms with E-state index < -0.39 is 6.04 Å². The molecular formula is C24H26N2O4S. The van der Waals surface area contributed by atoms with E-state index in [2.05, 4.69) is 0 Å². The van der Waals surface area contributed by atoms with E-state index in [1.54, 1.807) is 19.1 Å². The smallest absolute Gasteiger partial charge is 0.241 e. The molecule has 0 spiro atoms. The third kappa shape index (κ3) is 3.37. The van der Waals surface area contributed by atoms with Crippen molar-refractivity contribution in [2.45, 2.75) is 30.5 Å². The zero-order valence-electron chi connectivity index (χ0n) is 18.3. The standard InChI is InChI=1S/C24H26N2O4S/c1-14-19(21(27)20(25(14)3)16-10-7-6-8-11-16)26-23(28)15(2)31-24(26)17-12-9-13-18(29-4)22(17)30-5/h6-13,15,20,24H,1-5H3. The molecule has 3 atom stereocenters. The number of nitrogens with zero attached hydrogens (tertiary/aromatic N) is 2. The molecule has 31 heavy (non-hydrogen) atoms. The lowest BCUT2D eigenvalue weighted by atomic mass is 10.0. The Hall–Kier alpha value is -2.93. The second-order valence-corrected chi connectivity index (χ2v) is 9.07. The molecule has 0 aromatic heterocycles. The van der Waals surface area contributed by atoms with E-state index >= 15 is 0 Å². The van der Waals surface area contributed by atoms with Crippen LogP contribution in [0, 0.1) is 0 Å². The lowest BCUT2D eigenvalue weighted by Gasteiger charge is -2.26. The molecule has 2 aromatic carbocycles. The highest BCUT2D eigenvalue weighted by Gasteiger charge is 2.49. The number of benzene rings is 2. The van der Waals surface area contributed by atoms with Crippen LogP contribution in [0.25, 0.3) is 0 Å². The lowest BCUT2D eigenvalue weighted by molar-refractivity contribution is -0.131. The zero-order valence-corrected chi connectivity index (χ0v) is 19.1. The highest BCUT2D eigenvalue weighted by Crippen LogP contribution is 2.52. The number of para-hydroxylation sites is 1. The number of amides is 1. The number of ether oxygens (including phenoxy) is 2. The van der Waals surface area contributed by atoms with Gasteiger partial charge >= 0.3 is 0 Å². The number of likely N-dealkylation sites (N-methyl/N-ethyl adjacent to an activating group) is 1. The Morgan fingerprint density at radius 2 is 1.68 bits per heavy atom. The van der Waals surface area contributed by atoms with Crippen molar-refractivity contribution in [3.63, 3.8) is 0 Å². The van der Waals surface area contributed by atoms with Gasteiger partial charge < -0.3 is 14.4 Å². The summed E-state index contributed by atoms with van der Waals surface area (Å²) in [5.74, 6) is 1.02. The molecule has 1 amide bonds. The van der Waals surface area contributed by atoms with Gasteiger partial charge in [0.05, 0.1) is 19.5 Å². The molecule has 1 saturated heterocycles.